The molecule has 8 nitrogen and oxygen atoms in total. The molecule has 0 saturated heterocycles. The molecule has 0 aromatic carbocycles. The molecule has 0 fully saturated rings. The molecule has 8 heteroatoms. The summed E-state index contributed by atoms with van der Waals surface area (Å²) < 4.78 is 4.96. The lowest BCUT2D eigenvalue weighted by Crippen LogP contribution is -2.43. The van der Waals surface area contributed by atoms with Crippen LogP contribution in [0.4, 0.5) is 10.7 Å². The monoisotopic (exact) mass is 282 g/mol. The SMILES string of the molecule is CCCC(NC(=O)Nc1nc(C)cc(OC)n1)C(=O)O. The van der Waals surface area contributed by atoms with Crippen LogP contribution >= 0.6 is 0 Å². The zero-order valence-electron chi connectivity index (χ0n) is 11.6. The molecule has 0 radical (unpaired) electrons. The van der Waals surface area contributed by atoms with Gasteiger partial charge in [0.2, 0.25) is 11.8 Å². The van der Waals surface area contributed by atoms with Gasteiger partial charge < -0.3 is 15.2 Å². The van der Waals surface area contributed by atoms with E-state index in [4.69, 9.17) is 9.84 Å². The van der Waals surface area contributed by atoms with Gasteiger partial charge in [-0.05, 0) is 13.3 Å². The van der Waals surface area contributed by atoms with E-state index in [0.717, 1.165) is 0 Å². The first-order chi connectivity index (χ1) is 9.46. The van der Waals surface area contributed by atoms with Gasteiger partial charge in [-0.2, -0.15) is 4.98 Å². The van der Waals surface area contributed by atoms with Gasteiger partial charge in [0.1, 0.15) is 6.04 Å². The highest BCUT2D eigenvalue weighted by molar-refractivity contribution is 5.90. The fourth-order valence-electron chi connectivity index (χ4n) is 1.54. The molecule has 0 bridgehead atoms. The van der Waals surface area contributed by atoms with Crippen LogP contribution in [0.25, 0.3) is 0 Å². The Morgan fingerprint density at radius 2 is 2.15 bits per heavy atom. The third-order valence-electron chi connectivity index (χ3n) is 2.45. The maximum atomic E-state index is 11.7. The van der Waals surface area contributed by atoms with Crippen molar-refractivity contribution in [2.75, 3.05) is 12.4 Å². The molecule has 0 aliphatic heterocycles. The van der Waals surface area contributed by atoms with Crippen LogP contribution in [0.1, 0.15) is 25.5 Å². The number of carboxylic acids is 1. The number of ether oxygens (including phenoxy) is 1. The van der Waals surface area contributed by atoms with Crippen LogP contribution in [0.3, 0.4) is 0 Å². The normalized spacial score (nSPS) is 11.6. The first kappa shape index (κ1) is 15.7. The van der Waals surface area contributed by atoms with Crippen molar-refractivity contribution in [3.05, 3.63) is 11.8 Å². The summed E-state index contributed by atoms with van der Waals surface area (Å²) in [6, 6.07) is 0.00504. The van der Waals surface area contributed by atoms with Gasteiger partial charge in [0.25, 0.3) is 0 Å². The number of rotatable bonds is 6. The number of hydrogen-bond acceptors (Lipinski definition) is 5. The predicted octanol–water partition coefficient (Wildman–Crippen LogP) is 1.17. The standard InChI is InChI=1S/C12H18N4O4/c1-4-5-8(10(17)18)14-12(19)16-11-13-7(2)6-9(15-11)20-3/h6,8H,4-5H2,1-3H3,(H,17,18)(H2,13,14,15,16,19). The number of urea groups is 1. The highest BCUT2D eigenvalue weighted by atomic mass is 16.5. The van der Waals surface area contributed by atoms with Crippen LogP contribution in [-0.4, -0.2) is 40.2 Å². The number of carbonyl (C=O) groups excluding carboxylic acids is 1. The van der Waals surface area contributed by atoms with Gasteiger partial charge in [-0.25, -0.2) is 14.6 Å². The number of hydrogen-bond donors (Lipinski definition) is 3. The molecule has 1 unspecified atom stereocenters. The number of methoxy groups -OCH3 is 1. The number of aliphatic carboxylic acids is 1. The summed E-state index contributed by atoms with van der Waals surface area (Å²) >= 11 is 0. The molecule has 20 heavy (non-hydrogen) atoms. The summed E-state index contributed by atoms with van der Waals surface area (Å²) in [5.74, 6) is -0.708. The van der Waals surface area contributed by atoms with Gasteiger partial charge >= 0.3 is 12.0 Å². The Bertz CT molecular complexity index is 492. The van der Waals surface area contributed by atoms with Crippen LogP contribution in [0, 0.1) is 6.92 Å². The van der Waals surface area contributed by atoms with E-state index in [-0.39, 0.29) is 5.95 Å². The van der Waals surface area contributed by atoms with Gasteiger partial charge in [-0.3, -0.25) is 5.32 Å². The van der Waals surface area contributed by atoms with Crippen LogP contribution in [0.15, 0.2) is 6.07 Å². The number of carbonyl (C=O) groups is 2. The maximum Gasteiger partial charge on any atom is 0.326 e. The summed E-state index contributed by atoms with van der Waals surface area (Å²) in [7, 11) is 1.45. The molecule has 0 saturated carbocycles. The number of nitrogens with zero attached hydrogens (tertiary/aromatic N) is 2. The van der Waals surface area contributed by atoms with Gasteiger partial charge in [-0.1, -0.05) is 13.3 Å². The predicted molar refractivity (Wildman–Crippen MR) is 71.8 cm³/mol. The summed E-state index contributed by atoms with van der Waals surface area (Å²) in [6.45, 7) is 3.56. The van der Waals surface area contributed by atoms with Crippen molar-refractivity contribution < 1.29 is 19.4 Å². The minimum Gasteiger partial charge on any atom is -0.481 e. The van der Waals surface area contributed by atoms with E-state index in [0.29, 0.717) is 24.4 Å². The molecule has 2 amide bonds. The van der Waals surface area contributed by atoms with Crippen molar-refractivity contribution in [3.63, 3.8) is 0 Å². The highest BCUT2D eigenvalue weighted by Crippen LogP contribution is 2.11. The lowest BCUT2D eigenvalue weighted by molar-refractivity contribution is -0.139. The number of aromatic nitrogens is 2. The van der Waals surface area contributed by atoms with E-state index >= 15 is 0 Å². The molecule has 1 aromatic heterocycles. The largest absolute Gasteiger partial charge is 0.481 e. The fourth-order valence-corrected chi connectivity index (χ4v) is 1.54. The van der Waals surface area contributed by atoms with Gasteiger partial charge in [-0.15, -0.1) is 0 Å². The molecule has 0 spiro atoms. The summed E-state index contributed by atoms with van der Waals surface area (Å²) in [4.78, 5) is 30.6. The van der Waals surface area contributed by atoms with Crippen molar-refractivity contribution in [3.8, 4) is 5.88 Å². The molecule has 110 valence electrons. The van der Waals surface area contributed by atoms with Crippen LogP contribution < -0.4 is 15.4 Å². The molecular weight excluding hydrogens is 264 g/mol. The number of anilines is 1. The quantitative estimate of drug-likeness (QED) is 0.721. The number of amides is 2. The van der Waals surface area contributed by atoms with Gasteiger partial charge in [0, 0.05) is 11.8 Å². The van der Waals surface area contributed by atoms with Crippen molar-refractivity contribution in [1.82, 2.24) is 15.3 Å². The molecular formula is C12H18N4O4. The lowest BCUT2D eigenvalue weighted by atomic mass is 10.2. The average molecular weight is 282 g/mol. The second-order valence-electron chi connectivity index (χ2n) is 4.15. The van der Waals surface area contributed by atoms with E-state index in [2.05, 4.69) is 20.6 Å². The van der Waals surface area contributed by atoms with E-state index in [1.807, 2.05) is 6.92 Å². The maximum absolute atomic E-state index is 11.7. The van der Waals surface area contributed by atoms with Crippen molar-refractivity contribution in [2.45, 2.75) is 32.7 Å². The lowest BCUT2D eigenvalue weighted by Gasteiger charge is -2.14. The Hall–Kier alpha value is -2.38. The van der Waals surface area contributed by atoms with Crippen LogP contribution in [0.5, 0.6) is 5.88 Å². The average Bonchev–Trinajstić information content (AvgIpc) is 2.37. The second-order valence-corrected chi connectivity index (χ2v) is 4.15. The minimum absolute atomic E-state index is 0.0555. The zero-order valence-corrected chi connectivity index (χ0v) is 11.6. The van der Waals surface area contributed by atoms with Crippen molar-refractivity contribution in [1.29, 1.82) is 0 Å². The molecule has 1 atom stereocenters. The zero-order chi connectivity index (χ0) is 15.1. The number of nitrogens with one attached hydrogen (secondary N) is 2. The third-order valence-corrected chi connectivity index (χ3v) is 2.45. The molecule has 1 aromatic rings. The summed E-state index contributed by atoms with van der Waals surface area (Å²) in [5, 5.41) is 13.7. The minimum atomic E-state index is -1.08. The highest BCUT2D eigenvalue weighted by Gasteiger charge is 2.19. The van der Waals surface area contributed by atoms with Crippen LogP contribution in [0.2, 0.25) is 0 Å². The Balaban J connectivity index is 2.70. The van der Waals surface area contributed by atoms with Gasteiger partial charge in [0.05, 0.1) is 7.11 Å². The molecule has 1 rings (SSSR count). The van der Waals surface area contributed by atoms with Crippen molar-refractivity contribution >= 4 is 17.9 Å². The first-order valence-corrected chi connectivity index (χ1v) is 6.16. The molecule has 1 heterocycles. The smallest absolute Gasteiger partial charge is 0.326 e. The molecule has 0 aliphatic rings. The van der Waals surface area contributed by atoms with Gasteiger partial charge in [0.15, 0.2) is 0 Å². The second kappa shape index (κ2) is 7.27. The Kier molecular flexibility index (Phi) is 5.70. The number of carboxylic acid groups (broad SMARTS) is 1. The van der Waals surface area contributed by atoms with Crippen LogP contribution in [-0.2, 0) is 4.79 Å². The first-order valence-electron chi connectivity index (χ1n) is 6.16. The van der Waals surface area contributed by atoms with E-state index < -0.39 is 18.0 Å². The number of aryl methyl sites for hydroxylation is 1. The fraction of sp³-hybridized carbons (Fsp3) is 0.500. The Morgan fingerprint density at radius 3 is 2.70 bits per heavy atom. The summed E-state index contributed by atoms with van der Waals surface area (Å²) in [6.07, 6.45) is 0.993. The molecule has 3 N–H and O–H groups in total. The Labute approximate surface area is 116 Å². The van der Waals surface area contributed by atoms with Crippen molar-refractivity contribution in [2.24, 2.45) is 0 Å². The van der Waals surface area contributed by atoms with E-state index in [1.165, 1.54) is 7.11 Å². The topological polar surface area (TPSA) is 113 Å². The van der Waals surface area contributed by atoms with E-state index in [1.54, 1.807) is 13.0 Å². The summed E-state index contributed by atoms with van der Waals surface area (Å²) in [5.41, 5.74) is 0.621. The Morgan fingerprint density at radius 1 is 1.45 bits per heavy atom. The third kappa shape index (κ3) is 4.71. The van der Waals surface area contributed by atoms with E-state index in [9.17, 15) is 9.59 Å². The molecule has 0 aliphatic carbocycles.